The molecule has 2 rings (SSSR count). The number of benzene rings is 1. The van der Waals surface area contributed by atoms with Crippen molar-refractivity contribution in [2.45, 2.75) is 6.54 Å². The Hall–Kier alpha value is -1.40. The molecule has 0 radical (unpaired) electrons. The molecule has 0 unspecified atom stereocenters. The minimum Gasteiger partial charge on any atom is -0.492 e. The Bertz CT molecular complexity index is 539. The van der Waals surface area contributed by atoms with Crippen LogP contribution in [0.3, 0.4) is 0 Å². The van der Waals surface area contributed by atoms with E-state index < -0.39 is 0 Å². The highest BCUT2D eigenvalue weighted by Crippen LogP contribution is 2.16. The van der Waals surface area contributed by atoms with Crippen molar-refractivity contribution in [3.05, 3.63) is 47.0 Å². The molecule has 4 nitrogen and oxygen atoms in total. The lowest BCUT2D eigenvalue weighted by atomic mass is 10.3. The lowest BCUT2D eigenvalue weighted by Gasteiger charge is -2.08. The Morgan fingerprint density at radius 2 is 2.11 bits per heavy atom. The van der Waals surface area contributed by atoms with Gasteiger partial charge in [0.25, 0.3) is 0 Å². The first-order chi connectivity index (χ1) is 8.66. The van der Waals surface area contributed by atoms with Crippen molar-refractivity contribution in [1.82, 2.24) is 9.55 Å². The van der Waals surface area contributed by atoms with E-state index in [4.69, 9.17) is 22.7 Å². The quantitative estimate of drug-likeness (QED) is 0.857. The van der Waals surface area contributed by atoms with Crippen LogP contribution >= 0.6 is 28.1 Å². The summed E-state index contributed by atoms with van der Waals surface area (Å²) < 4.78 is 8.52. The summed E-state index contributed by atoms with van der Waals surface area (Å²) in [6, 6.07) is 7.69. The molecule has 0 spiro atoms. The second-order valence-corrected chi connectivity index (χ2v) is 4.97. The molecular formula is C12H12BrN3OS. The molecule has 1 aromatic heterocycles. The van der Waals surface area contributed by atoms with Crippen LogP contribution < -0.4 is 10.5 Å². The van der Waals surface area contributed by atoms with Gasteiger partial charge >= 0.3 is 0 Å². The van der Waals surface area contributed by atoms with Gasteiger partial charge in [0.05, 0.1) is 6.54 Å². The Morgan fingerprint density at radius 3 is 2.78 bits per heavy atom. The van der Waals surface area contributed by atoms with Crippen molar-refractivity contribution >= 4 is 33.1 Å². The van der Waals surface area contributed by atoms with Gasteiger partial charge in [0.2, 0.25) is 0 Å². The van der Waals surface area contributed by atoms with Crippen molar-refractivity contribution in [3.8, 4) is 5.75 Å². The molecule has 0 atom stereocenters. The fourth-order valence-corrected chi connectivity index (χ4v) is 1.94. The van der Waals surface area contributed by atoms with E-state index in [0.717, 1.165) is 10.2 Å². The van der Waals surface area contributed by atoms with Crippen LogP contribution in [0.4, 0.5) is 0 Å². The van der Waals surface area contributed by atoms with E-state index in [2.05, 4.69) is 20.9 Å². The monoisotopic (exact) mass is 325 g/mol. The fraction of sp³-hybridized carbons (Fsp3) is 0.167. The zero-order valence-corrected chi connectivity index (χ0v) is 11.9. The van der Waals surface area contributed by atoms with E-state index in [-0.39, 0.29) is 0 Å². The summed E-state index contributed by atoms with van der Waals surface area (Å²) >= 11 is 8.28. The first-order valence-electron chi connectivity index (χ1n) is 5.36. The summed E-state index contributed by atoms with van der Waals surface area (Å²) in [4.78, 5) is 4.38. The summed E-state index contributed by atoms with van der Waals surface area (Å²) in [5, 5.41) is 0. The molecule has 0 fully saturated rings. The van der Waals surface area contributed by atoms with Gasteiger partial charge in [-0.3, -0.25) is 0 Å². The SMILES string of the molecule is NC(=S)c1nccn1CCOc1ccc(Br)cc1. The van der Waals surface area contributed by atoms with Crippen LogP contribution in [0.15, 0.2) is 41.1 Å². The van der Waals surface area contributed by atoms with Gasteiger partial charge in [0.1, 0.15) is 17.3 Å². The number of nitrogens with zero attached hydrogens (tertiary/aromatic N) is 2. The number of hydrogen-bond acceptors (Lipinski definition) is 3. The highest BCUT2D eigenvalue weighted by Gasteiger charge is 2.04. The van der Waals surface area contributed by atoms with Crippen LogP contribution in [0.2, 0.25) is 0 Å². The fourth-order valence-electron chi connectivity index (χ4n) is 1.51. The third-order valence-corrected chi connectivity index (χ3v) is 3.06. The van der Waals surface area contributed by atoms with Crippen molar-refractivity contribution in [3.63, 3.8) is 0 Å². The summed E-state index contributed by atoms with van der Waals surface area (Å²) in [7, 11) is 0. The minimum absolute atomic E-state index is 0.295. The number of aromatic nitrogens is 2. The van der Waals surface area contributed by atoms with Gasteiger partial charge in [-0.15, -0.1) is 0 Å². The number of imidazole rings is 1. The van der Waals surface area contributed by atoms with Gasteiger partial charge in [-0.25, -0.2) is 4.98 Å². The molecule has 0 aliphatic carbocycles. The lowest BCUT2D eigenvalue weighted by Crippen LogP contribution is -2.19. The first kappa shape index (κ1) is 13.0. The average molecular weight is 326 g/mol. The maximum atomic E-state index is 5.62. The van der Waals surface area contributed by atoms with Crippen molar-refractivity contribution < 1.29 is 4.74 Å². The summed E-state index contributed by atoms with van der Waals surface area (Å²) in [6.07, 6.45) is 3.51. The molecule has 1 heterocycles. The van der Waals surface area contributed by atoms with Crippen LogP contribution in [0.5, 0.6) is 5.75 Å². The summed E-state index contributed by atoms with van der Waals surface area (Å²) in [5.74, 6) is 1.44. The zero-order valence-electron chi connectivity index (χ0n) is 9.54. The van der Waals surface area contributed by atoms with E-state index in [1.165, 1.54) is 0 Å². The highest BCUT2D eigenvalue weighted by atomic mass is 79.9. The Morgan fingerprint density at radius 1 is 1.39 bits per heavy atom. The largest absolute Gasteiger partial charge is 0.492 e. The van der Waals surface area contributed by atoms with E-state index in [1.54, 1.807) is 6.20 Å². The first-order valence-corrected chi connectivity index (χ1v) is 6.56. The average Bonchev–Trinajstić information content (AvgIpc) is 2.80. The number of hydrogen-bond donors (Lipinski definition) is 1. The Kier molecular flexibility index (Phi) is 4.33. The van der Waals surface area contributed by atoms with Crippen LogP contribution in [0.25, 0.3) is 0 Å². The van der Waals surface area contributed by atoms with Gasteiger partial charge in [-0.05, 0) is 24.3 Å². The van der Waals surface area contributed by atoms with Crippen LogP contribution in [0, 0.1) is 0 Å². The standard InChI is InChI=1S/C12H12BrN3OS/c13-9-1-3-10(4-2-9)17-8-7-16-6-5-15-12(16)11(14)18/h1-6H,7-8H2,(H2,14,18). The van der Waals surface area contributed by atoms with Gasteiger partial charge in [-0.1, -0.05) is 28.1 Å². The summed E-state index contributed by atoms with van der Waals surface area (Å²) in [5.41, 5.74) is 5.56. The molecular weight excluding hydrogens is 314 g/mol. The molecule has 0 bridgehead atoms. The van der Waals surface area contributed by atoms with Crippen molar-refractivity contribution in [2.24, 2.45) is 5.73 Å². The molecule has 0 aliphatic rings. The number of thiocarbonyl (C=S) groups is 1. The highest BCUT2D eigenvalue weighted by molar-refractivity contribution is 9.10. The summed E-state index contributed by atoms with van der Waals surface area (Å²) in [6.45, 7) is 1.19. The predicted molar refractivity (Wildman–Crippen MR) is 77.8 cm³/mol. The smallest absolute Gasteiger partial charge is 0.167 e. The normalized spacial score (nSPS) is 10.3. The van der Waals surface area contributed by atoms with E-state index in [0.29, 0.717) is 24.0 Å². The number of halogens is 1. The van der Waals surface area contributed by atoms with Gasteiger partial charge in [-0.2, -0.15) is 0 Å². The minimum atomic E-state index is 0.295. The second-order valence-electron chi connectivity index (χ2n) is 3.61. The van der Waals surface area contributed by atoms with Crippen LogP contribution in [-0.4, -0.2) is 21.1 Å². The third-order valence-electron chi connectivity index (χ3n) is 2.35. The molecule has 1 aromatic carbocycles. The number of nitrogens with two attached hydrogens (primary N) is 1. The molecule has 0 aliphatic heterocycles. The molecule has 18 heavy (non-hydrogen) atoms. The van der Waals surface area contributed by atoms with E-state index in [1.807, 2.05) is 35.0 Å². The molecule has 0 amide bonds. The van der Waals surface area contributed by atoms with Gasteiger partial charge in [0.15, 0.2) is 5.82 Å². The number of ether oxygens (including phenoxy) is 1. The maximum Gasteiger partial charge on any atom is 0.167 e. The third kappa shape index (κ3) is 3.30. The van der Waals surface area contributed by atoms with Gasteiger partial charge < -0.3 is 15.0 Å². The molecule has 0 saturated heterocycles. The second kappa shape index (κ2) is 5.97. The van der Waals surface area contributed by atoms with Crippen molar-refractivity contribution in [2.75, 3.05) is 6.61 Å². The Balaban J connectivity index is 1.90. The Labute approximate surface area is 119 Å². The lowest BCUT2D eigenvalue weighted by molar-refractivity contribution is 0.298. The van der Waals surface area contributed by atoms with Crippen molar-refractivity contribution in [1.29, 1.82) is 0 Å². The molecule has 2 aromatic rings. The molecule has 94 valence electrons. The molecule has 0 saturated carbocycles. The van der Waals surface area contributed by atoms with Gasteiger partial charge in [0, 0.05) is 16.9 Å². The number of rotatable bonds is 5. The van der Waals surface area contributed by atoms with E-state index in [9.17, 15) is 0 Å². The van der Waals surface area contributed by atoms with Crippen LogP contribution in [-0.2, 0) is 6.54 Å². The van der Waals surface area contributed by atoms with E-state index >= 15 is 0 Å². The molecule has 2 N–H and O–H groups in total. The maximum absolute atomic E-state index is 5.62. The topological polar surface area (TPSA) is 53.1 Å². The molecule has 6 heteroatoms. The van der Waals surface area contributed by atoms with Crippen LogP contribution in [0.1, 0.15) is 5.82 Å². The predicted octanol–water partition coefficient (Wildman–Crippen LogP) is 2.36. The zero-order chi connectivity index (χ0) is 13.0.